The molecule has 0 amide bonds. The molecule has 0 radical (unpaired) electrons. The van der Waals surface area contributed by atoms with Crippen molar-refractivity contribution in [3.8, 4) is 0 Å². The molecule has 1 atom stereocenters. The van der Waals surface area contributed by atoms with Gasteiger partial charge in [0.15, 0.2) is 39.7 Å². The van der Waals surface area contributed by atoms with Crippen LogP contribution in [0, 0.1) is 11.3 Å². The van der Waals surface area contributed by atoms with E-state index < -0.39 is 27.1 Å². The molecule has 20 heteroatoms. The van der Waals surface area contributed by atoms with Gasteiger partial charge in [0, 0.05) is 40.2 Å². The molecule has 0 aliphatic carbocycles. The lowest BCUT2D eigenvalue weighted by atomic mass is 9.92. The fourth-order valence-corrected chi connectivity index (χ4v) is 2.41. The first kappa shape index (κ1) is 57.9. The highest BCUT2D eigenvalue weighted by Crippen LogP contribution is 2.49. The number of aliphatic imine (C=N–C) groups is 1. The van der Waals surface area contributed by atoms with Crippen molar-refractivity contribution in [3.63, 3.8) is 0 Å². The van der Waals surface area contributed by atoms with E-state index in [0.29, 0.717) is 18.4 Å². The van der Waals surface area contributed by atoms with E-state index in [1.807, 2.05) is 62.3 Å². The molecule has 57 heavy (non-hydrogen) atoms. The van der Waals surface area contributed by atoms with Gasteiger partial charge in [-0.25, -0.2) is 18.1 Å². The minimum absolute atomic E-state index is 0.0258. The molecule has 0 bridgehead atoms. The monoisotopic (exact) mass is 848 g/mol. The number of hydrogen-bond donors (Lipinski definition) is 1. The van der Waals surface area contributed by atoms with Gasteiger partial charge in [0.2, 0.25) is 7.37 Å². The predicted molar refractivity (Wildman–Crippen MR) is 227 cm³/mol. The Balaban J connectivity index is -0.000000626. The number of tetrazole rings is 2. The number of Topliss-reactive ketones (excluding diaryl/α,β-unsaturated/α-hetero) is 3. The van der Waals surface area contributed by atoms with Gasteiger partial charge in [-0.05, 0) is 57.2 Å². The number of azo groups is 1. The molecule has 0 fully saturated rings. The summed E-state index contributed by atoms with van der Waals surface area (Å²) in [6.07, 6.45) is 1.24. The Morgan fingerprint density at radius 3 is 1.44 bits per heavy atom. The molecule has 0 spiro atoms. The fourth-order valence-electron chi connectivity index (χ4n) is 2.41. The highest BCUT2D eigenvalue weighted by Gasteiger charge is 2.28. The van der Waals surface area contributed by atoms with E-state index in [0.717, 1.165) is 11.7 Å². The summed E-state index contributed by atoms with van der Waals surface area (Å²) in [5, 5.41) is 30.0. The van der Waals surface area contributed by atoms with Crippen LogP contribution < -0.4 is 0 Å². The second-order valence-corrected chi connectivity index (χ2v) is 24.9. The maximum Gasteiger partial charge on any atom is 0.202 e. The van der Waals surface area contributed by atoms with Crippen LogP contribution in [0.25, 0.3) is 0 Å². The van der Waals surface area contributed by atoms with Gasteiger partial charge >= 0.3 is 0 Å². The Kier molecular flexibility index (Phi) is 23.6. The van der Waals surface area contributed by atoms with E-state index in [2.05, 4.69) is 60.0 Å². The molecule has 0 aromatic carbocycles. The van der Waals surface area contributed by atoms with E-state index in [-0.39, 0.29) is 46.7 Å². The quantitative estimate of drug-likeness (QED) is 0.307. The van der Waals surface area contributed by atoms with E-state index in [1.165, 1.54) is 31.6 Å². The normalized spacial score (nSPS) is 14.0. The molecule has 18 nitrogen and oxygen atoms in total. The standard InChI is InChI=1S/2C8H14N4O.C6H12O.C5H9N3.C5H13O2P.C5H12O2S/c1-6(13)5-12-7(8(2,3)4)9-10-11-12;1-6(13)5-12-10-7(9-11-12)8(2,3)4;1-5(7)6(2,3)4;1-4(2)5-6-3-7-8-5;2*1-5(2,3)8(4,6)7/h2*5H2,1-4H3;1-4H3;4H,3H2,1-2H3;1-4H3,(H,6,7);1-4H3. The zero-order valence-corrected chi connectivity index (χ0v) is 40.6. The lowest BCUT2D eigenvalue weighted by molar-refractivity contribution is -0.124. The van der Waals surface area contributed by atoms with Crippen molar-refractivity contribution >= 4 is 40.4 Å². The molecular weight excluding hydrogens is 774 g/mol. The molecule has 330 valence electrons. The van der Waals surface area contributed by atoms with Crippen molar-refractivity contribution in [3.05, 3.63) is 11.6 Å². The summed E-state index contributed by atoms with van der Waals surface area (Å²) in [6, 6.07) is 0. The maximum atomic E-state index is 10.9. The lowest BCUT2D eigenvalue weighted by Gasteiger charge is -2.21. The Morgan fingerprint density at radius 2 is 1.21 bits per heavy atom. The smallest absolute Gasteiger partial charge is 0.202 e. The van der Waals surface area contributed by atoms with Crippen LogP contribution >= 0.6 is 7.37 Å². The summed E-state index contributed by atoms with van der Waals surface area (Å²) in [5.41, 5.74) is -0.381. The Morgan fingerprint density at radius 1 is 0.789 bits per heavy atom. The molecule has 2 aromatic rings. The Bertz CT molecular complexity index is 1770. The molecule has 0 saturated heterocycles. The van der Waals surface area contributed by atoms with Gasteiger partial charge < -0.3 is 4.89 Å². The SMILES string of the molecule is CC(=O)C(C)(C)C.CC(=O)Cn1nnc(C(C)(C)C)n1.CC(=O)Cn1nnnc1C(C)(C)C.CC(C)(C)P(C)(=O)O.CC(C)(C)S(C)(=O)=O.CC(C)C1=NCN=N1. The first-order valence-corrected chi connectivity index (χ1v) is 22.5. The topological polar surface area (TPSA) is 247 Å². The van der Waals surface area contributed by atoms with Gasteiger partial charge in [-0.3, -0.25) is 18.9 Å². The molecule has 2 aromatic heterocycles. The van der Waals surface area contributed by atoms with Crippen molar-refractivity contribution in [2.24, 2.45) is 26.6 Å². The number of sulfone groups is 1. The van der Waals surface area contributed by atoms with Crippen LogP contribution in [0.15, 0.2) is 15.2 Å². The van der Waals surface area contributed by atoms with Crippen LogP contribution in [0.4, 0.5) is 0 Å². The van der Waals surface area contributed by atoms with Gasteiger partial charge in [0.1, 0.15) is 24.7 Å². The van der Waals surface area contributed by atoms with E-state index in [9.17, 15) is 27.4 Å². The third-order valence-electron chi connectivity index (χ3n) is 7.46. The number of hydrogen-bond acceptors (Lipinski definition) is 15. The summed E-state index contributed by atoms with van der Waals surface area (Å²) in [4.78, 5) is 46.3. The summed E-state index contributed by atoms with van der Waals surface area (Å²) >= 11 is 0. The fraction of sp³-hybridized carbons (Fsp3) is 0.838. The Labute approximate surface area is 342 Å². The van der Waals surface area contributed by atoms with Crippen LogP contribution in [0.1, 0.15) is 150 Å². The maximum absolute atomic E-state index is 10.9. The van der Waals surface area contributed by atoms with Gasteiger partial charge in [-0.15, -0.1) is 20.4 Å². The van der Waals surface area contributed by atoms with E-state index in [4.69, 9.17) is 4.89 Å². The molecule has 3 rings (SSSR count). The van der Waals surface area contributed by atoms with E-state index in [1.54, 1.807) is 53.1 Å². The van der Waals surface area contributed by atoms with Crippen molar-refractivity contribution in [1.82, 2.24) is 40.4 Å². The Hall–Kier alpha value is -3.44. The molecule has 1 aliphatic rings. The zero-order valence-electron chi connectivity index (χ0n) is 38.9. The third kappa shape index (κ3) is 27.0. The second-order valence-electron chi connectivity index (χ2n) is 19.0. The minimum Gasteiger partial charge on any atom is -0.344 e. The minimum atomic E-state index is -2.85. The van der Waals surface area contributed by atoms with Gasteiger partial charge in [-0.2, -0.15) is 9.91 Å². The number of aromatic nitrogens is 8. The van der Waals surface area contributed by atoms with Crippen LogP contribution in [0.2, 0.25) is 0 Å². The zero-order chi connectivity index (χ0) is 46.2. The lowest BCUT2D eigenvalue weighted by Crippen LogP contribution is -2.26. The van der Waals surface area contributed by atoms with Gasteiger partial charge in [0.25, 0.3) is 0 Å². The average molecular weight is 848 g/mol. The van der Waals surface area contributed by atoms with Crippen LogP contribution in [0.3, 0.4) is 0 Å². The third-order valence-corrected chi connectivity index (χ3v) is 12.2. The second kappa shape index (κ2) is 23.2. The molecule has 1 N–H and O–H groups in total. The summed E-state index contributed by atoms with van der Waals surface area (Å²) < 4.78 is 33.1. The average Bonchev–Trinajstić information content (AvgIpc) is 3.74. The highest BCUT2D eigenvalue weighted by molar-refractivity contribution is 7.92. The molecule has 0 saturated carbocycles. The molecule has 1 unspecified atom stereocenters. The molecular formula is C37H74N11O7PS. The number of nitrogens with zero attached hydrogens (tertiary/aromatic N) is 11. The summed E-state index contributed by atoms with van der Waals surface area (Å²) in [7, 11) is -5.69. The predicted octanol–water partition coefficient (Wildman–Crippen LogP) is 6.72. The first-order chi connectivity index (χ1) is 25.1. The van der Waals surface area contributed by atoms with Gasteiger partial charge in [0.05, 0.1) is 4.75 Å². The van der Waals surface area contributed by atoms with Crippen molar-refractivity contribution < 1.29 is 32.3 Å². The van der Waals surface area contributed by atoms with Gasteiger partial charge in [-0.1, -0.05) is 96.9 Å². The summed E-state index contributed by atoms with van der Waals surface area (Å²) in [5.74, 6) is 3.03. The molecule has 3 heterocycles. The first-order valence-electron chi connectivity index (χ1n) is 18.5. The number of carbonyl (C=O) groups excluding carboxylic acids is 3. The number of ketones is 3. The van der Waals surface area contributed by atoms with Crippen molar-refractivity contribution in [1.29, 1.82) is 0 Å². The molecule has 1 aliphatic heterocycles. The van der Waals surface area contributed by atoms with Crippen LogP contribution in [-0.4, -0.2) is 106 Å². The van der Waals surface area contributed by atoms with Crippen LogP contribution in [-0.2, 0) is 52.7 Å². The summed E-state index contributed by atoms with van der Waals surface area (Å²) in [6.45, 7) is 39.2. The number of rotatable bonds is 5. The van der Waals surface area contributed by atoms with Crippen LogP contribution in [0.5, 0.6) is 0 Å². The number of carbonyl (C=O) groups is 3. The largest absolute Gasteiger partial charge is 0.344 e. The van der Waals surface area contributed by atoms with Crippen molar-refractivity contribution in [2.45, 2.75) is 172 Å². The highest BCUT2D eigenvalue weighted by atomic mass is 32.2. The van der Waals surface area contributed by atoms with E-state index >= 15 is 0 Å². The number of amidine groups is 1. The van der Waals surface area contributed by atoms with Crippen molar-refractivity contribution in [2.75, 3.05) is 19.6 Å².